The summed E-state index contributed by atoms with van der Waals surface area (Å²) in [4.78, 5) is 4.25. The first-order valence-electron chi connectivity index (χ1n) is 9.70. The van der Waals surface area contributed by atoms with Crippen LogP contribution in [-0.4, -0.2) is 9.55 Å². The van der Waals surface area contributed by atoms with Crippen LogP contribution in [0.3, 0.4) is 0 Å². The molecule has 0 bridgehead atoms. The van der Waals surface area contributed by atoms with Crippen LogP contribution >= 0.6 is 0 Å². The van der Waals surface area contributed by atoms with Crippen molar-refractivity contribution in [3.05, 3.63) is 102 Å². The van der Waals surface area contributed by atoms with E-state index in [-0.39, 0.29) is 0 Å². The molecule has 1 heterocycles. The van der Waals surface area contributed by atoms with Crippen molar-refractivity contribution in [2.45, 2.75) is 39.2 Å². The maximum atomic E-state index is 4.25. The van der Waals surface area contributed by atoms with Gasteiger partial charge < -0.3 is 4.57 Å². The van der Waals surface area contributed by atoms with Gasteiger partial charge in [-0.2, -0.15) is 0 Å². The highest BCUT2D eigenvalue weighted by molar-refractivity contribution is 5.74. The Balaban J connectivity index is 0.000000166. The largest absolute Gasteiger partial charge is 0.331 e. The van der Waals surface area contributed by atoms with E-state index in [4.69, 9.17) is 0 Å². The normalized spacial score (nSPS) is 12.9. The van der Waals surface area contributed by atoms with Crippen LogP contribution in [0.25, 0.3) is 11.0 Å². The molecule has 0 saturated heterocycles. The van der Waals surface area contributed by atoms with E-state index in [0.717, 1.165) is 12.1 Å². The molecule has 2 nitrogen and oxygen atoms in total. The van der Waals surface area contributed by atoms with Gasteiger partial charge in [-0.15, -0.1) is 0 Å². The van der Waals surface area contributed by atoms with E-state index in [2.05, 4.69) is 97.1 Å². The smallest absolute Gasteiger partial charge is 0.0958 e. The standard InChI is InChI=1S/C16H18.C9H10N2/c1-13(15-9-5-3-6-10-15)14(2)16-11-7-4-8-12-16;1-2-11-7-10-8-5-3-4-6-9(8)11/h3-14H,1-2H3;3-7H,2H2,1H3. The van der Waals surface area contributed by atoms with Gasteiger partial charge in [-0.05, 0) is 42.0 Å². The van der Waals surface area contributed by atoms with E-state index in [0.29, 0.717) is 11.8 Å². The predicted molar refractivity (Wildman–Crippen MR) is 115 cm³/mol. The Morgan fingerprint density at radius 3 is 1.70 bits per heavy atom. The third-order valence-electron chi connectivity index (χ3n) is 5.27. The van der Waals surface area contributed by atoms with E-state index in [1.165, 1.54) is 16.6 Å². The molecule has 0 amide bonds. The molecular weight excluding hydrogens is 328 g/mol. The highest BCUT2D eigenvalue weighted by Crippen LogP contribution is 2.31. The Morgan fingerprint density at radius 2 is 1.19 bits per heavy atom. The third kappa shape index (κ3) is 4.65. The summed E-state index contributed by atoms with van der Waals surface area (Å²) in [5.74, 6) is 1.12. The molecule has 0 fully saturated rings. The van der Waals surface area contributed by atoms with E-state index in [1.54, 1.807) is 0 Å². The average Bonchev–Trinajstić information content (AvgIpc) is 3.18. The van der Waals surface area contributed by atoms with Gasteiger partial charge >= 0.3 is 0 Å². The fraction of sp³-hybridized carbons (Fsp3) is 0.240. The molecule has 4 aromatic rings. The second kappa shape index (κ2) is 9.18. The number of hydrogen-bond donors (Lipinski definition) is 0. The summed E-state index contributed by atoms with van der Waals surface area (Å²) in [7, 11) is 0. The molecule has 2 unspecified atom stereocenters. The van der Waals surface area contributed by atoms with Crippen LogP contribution in [0, 0.1) is 0 Å². The molecular formula is C25H28N2. The molecule has 0 saturated carbocycles. The molecule has 4 rings (SSSR count). The van der Waals surface area contributed by atoms with Crippen molar-refractivity contribution in [3.8, 4) is 0 Å². The van der Waals surface area contributed by atoms with Gasteiger partial charge in [-0.3, -0.25) is 0 Å². The SMILES string of the molecule is CC(c1ccccc1)C(C)c1ccccc1.CCn1cnc2ccccc21. The van der Waals surface area contributed by atoms with Gasteiger partial charge in [0.2, 0.25) is 0 Å². The first-order chi connectivity index (χ1) is 13.2. The highest BCUT2D eigenvalue weighted by atomic mass is 15.0. The van der Waals surface area contributed by atoms with Gasteiger partial charge in [0.05, 0.1) is 17.4 Å². The van der Waals surface area contributed by atoms with E-state index in [1.807, 2.05) is 24.5 Å². The lowest BCUT2D eigenvalue weighted by molar-refractivity contribution is 0.624. The van der Waals surface area contributed by atoms with Gasteiger partial charge in [-0.1, -0.05) is 86.6 Å². The fourth-order valence-corrected chi connectivity index (χ4v) is 3.35. The molecule has 138 valence electrons. The van der Waals surface area contributed by atoms with Crippen LogP contribution in [0.4, 0.5) is 0 Å². The lowest BCUT2D eigenvalue weighted by atomic mass is 9.84. The maximum absolute atomic E-state index is 4.25. The number of imidazole rings is 1. The Morgan fingerprint density at radius 1 is 0.704 bits per heavy atom. The Labute approximate surface area is 162 Å². The lowest BCUT2D eigenvalue weighted by Gasteiger charge is -2.20. The molecule has 0 N–H and O–H groups in total. The van der Waals surface area contributed by atoms with Crippen LogP contribution in [0.5, 0.6) is 0 Å². The van der Waals surface area contributed by atoms with Crippen molar-refractivity contribution in [2.24, 2.45) is 0 Å². The molecule has 1 aromatic heterocycles. The number of aromatic nitrogens is 2. The lowest BCUT2D eigenvalue weighted by Crippen LogP contribution is -2.04. The summed E-state index contributed by atoms with van der Waals surface area (Å²) >= 11 is 0. The summed E-state index contributed by atoms with van der Waals surface area (Å²) in [5.41, 5.74) is 5.13. The van der Waals surface area contributed by atoms with Crippen molar-refractivity contribution >= 4 is 11.0 Å². The van der Waals surface area contributed by atoms with Crippen molar-refractivity contribution in [1.29, 1.82) is 0 Å². The fourth-order valence-electron chi connectivity index (χ4n) is 3.35. The van der Waals surface area contributed by atoms with Gasteiger partial charge in [0, 0.05) is 6.54 Å². The van der Waals surface area contributed by atoms with Crippen LogP contribution in [0.1, 0.15) is 43.7 Å². The molecule has 0 aliphatic heterocycles. The number of aryl methyl sites for hydroxylation is 1. The third-order valence-corrected chi connectivity index (χ3v) is 5.27. The van der Waals surface area contributed by atoms with Crippen LogP contribution < -0.4 is 0 Å². The zero-order chi connectivity index (χ0) is 19.1. The quantitative estimate of drug-likeness (QED) is 0.400. The number of rotatable bonds is 4. The Kier molecular flexibility index (Phi) is 6.43. The molecule has 27 heavy (non-hydrogen) atoms. The first kappa shape index (κ1) is 18.9. The number of benzene rings is 3. The van der Waals surface area contributed by atoms with Gasteiger partial charge in [-0.25, -0.2) is 4.98 Å². The molecule has 0 spiro atoms. The molecule has 0 aliphatic rings. The minimum Gasteiger partial charge on any atom is -0.331 e. The van der Waals surface area contributed by atoms with Gasteiger partial charge in [0.15, 0.2) is 0 Å². The Bertz CT molecular complexity index is 898. The maximum Gasteiger partial charge on any atom is 0.0958 e. The van der Waals surface area contributed by atoms with Crippen molar-refractivity contribution in [1.82, 2.24) is 9.55 Å². The predicted octanol–water partition coefficient (Wildman–Crippen LogP) is 6.65. The second-order valence-electron chi connectivity index (χ2n) is 6.92. The van der Waals surface area contributed by atoms with E-state index in [9.17, 15) is 0 Å². The van der Waals surface area contributed by atoms with Crippen LogP contribution in [0.2, 0.25) is 0 Å². The zero-order valence-corrected chi connectivity index (χ0v) is 16.4. The minimum absolute atomic E-state index is 0.559. The summed E-state index contributed by atoms with van der Waals surface area (Å²) in [6.07, 6.45) is 1.88. The summed E-state index contributed by atoms with van der Waals surface area (Å²) in [5, 5.41) is 0. The van der Waals surface area contributed by atoms with Gasteiger partial charge in [0.1, 0.15) is 0 Å². The number of para-hydroxylation sites is 2. The molecule has 0 aliphatic carbocycles. The summed E-state index contributed by atoms with van der Waals surface area (Å²) in [6.45, 7) is 7.70. The molecule has 0 radical (unpaired) electrons. The Hall–Kier alpha value is -2.87. The van der Waals surface area contributed by atoms with E-state index < -0.39 is 0 Å². The van der Waals surface area contributed by atoms with E-state index >= 15 is 0 Å². The van der Waals surface area contributed by atoms with Gasteiger partial charge in [0.25, 0.3) is 0 Å². The average molecular weight is 357 g/mol. The summed E-state index contributed by atoms with van der Waals surface area (Å²) in [6, 6.07) is 29.6. The monoisotopic (exact) mass is 356 g/mol. The number of hydrogen-bond acceptors (Lipinski definition) is 1. The number of fused-ring (bicyclic) bond motifs is 1. The van der Waals surface area contributed by atoms with Crippen LogP contribution in [0.15, 0.2) is 91.3 Å². The molecule has 2 atom stereocenters. The summed E-state index contributed by atoms with van der Waals surface area (Å²) < 4.78 is 2.13. The van der Waals surface area contributed by atoms with Crippen molar-refractivity contribution in [3.63, 3.8) is 0 Å². The van der Waals surface area contributed by atoms with Crippen molar-refractivity contribution in [2.75, 3.05) is 0 Å². The van der Waals surface area contributed by atoms with Crippen molar-refractivity contribution < 1.29 is 0 Å². The highest BCUT2D eigenvalue weighted by Gasteiger charge is 2.15. The van der Waals surface area contributed by atoms with Crippen LogP contribution in [-0.2, 0) is 6.54 Å². The molecule has 2 heteroatoms. The number of nitrogens with zero attached hydrogens (tertiary/aromatic N) is 2. The minimum atomic E-state index is 0.559. The second-order valence-corrected chi connectivity index (χ2v) is 6.92. The first-order valence-corrected chi connectivity index (χ1v) is 9.70. The topological polar surface area (TPSA) is 17.8 Å². The molecule has 3 aromatic carbocycles. The zero-order valence-electron chi connectivity index (χ0n) is 16.4.